The Morgan fingerprint density at radius 1 is 1.35 bits per heavy atom. The van der Waals surface area contributed by atoms with Crippen molar-refractivity contribution in [3.8, 4) is 5.75 Å². The lowest BCUT2D eigenvalue weighted by atomic mass is 10.2. The van der Waals surface area contributed by atoms with E-state index in [1.54, 1.807) is 0 Å². The number of aliphatic hydroxyl groups excluding tert-OH is 1. The summed E-state index contributed by atoms with van der Waals surface area (Å²) in [6.45, 7) is 3.31. The van der Waals surface area contributed by atoms with E-state index in [0.717, 1.165) is 0 Å². The zero-order valence-corrected chi connectivity index (χ0v) is 13.3. The fourth-order valence-electron chi connectivity index (χ4n) is 1.66. The van der Waals surface area contributed by atoms with Crippen molar-refractivity contribution in [2.45, 2.75) is 23.0 Å². The molecule has 6 heteroatoms. The highest BCUT2D eigenvalue weighted by molar-refractivity contribution is 9.09. The Labute approximate surface area is 127 Å². The third-order valence-electron chi connectivity index (χ3n) is 2.69. The molecule has 0 aromatic heterocycles. The zero-order valence-electron chi connectivity index (χ0n) is 10.9. The number of halogens is 1. The normalized spacial score (nSPS) is 13.4. The topological polar surface area (TPSA) is 74.6 Å². The summed E-state index contributed by atoms with van der Waals surface area (Å²) in [6.07, 6.45) is 3.84. The first-order valence-electron chi connectivity index (χ1n) is 6.03. The van der Waals surface area contributed by atoms with Crippen LogP contribution in [0.5, 0.6) is 5.75 Å². The smallest absolute Gasteiger partial charge is 0.184 e. The predicted octanol–water partition coefficient (Wildman–Crippen LogP) is 3.34. The Bertz CT molecular complexity index is 576. The molecule has 2 N–H and O–H groups in total. The fraction of sp³-hybridized carbons (Fsp3) is 0.286. The van der Waals surface area contributed by atoms with Crippen molar-refractivity contribution >= 4 is 25.8 Å². The van der Waals surface area contributed by atoms with Gasteiger partial charge < -0.3 is 10.2 Å². The van der Waals surface area contributed by atoms with Crippen molar-refractivity contribution in [1.29, 1.82) is 0 Å². The molecule has 0 spiro atoms. The maximum atomic E-state index is 12.5. The van der Waals surface area contributed by atoms with Gasteiger partial charge >= 0.3 is 0 Å². The van der Waals surface area contributed by atoms with Gasteiger partial charge in [0.25, 0.3) is 0 Å². The molecule has 0 saturated heterocycles. The van der Waals surface area contributed by atoms with Gasteiger partial charge in [0.1, 0.15) is 11.5 Å². The number of phenols is 1. The summed E-state index contributed by atoms with van der Waals surface area (Å²) in [6, 6.07) is 5.41. The average molecular weight is 361 g/mol. The van der Waals surface area contributed by atoms with Crippen LogP contribution in [0.15, 0.2) is 53.7 Å². The molecule has 0 aliphatic carbocycles. The molecule has 1 unspecified atom stereocenters. The summed E-state index contributed by atoms with van der Waals surface area (Å²) < 4.78 is 25.0. The average Bonchev–Trinajstić information content (AvgIpc) is 2.38. The van der Waals surface area contributed by atoms with Crippen molar-refractivity contribution in [3.63, 3.8) is 0 Å². The van der Waals surface area contributed by atoms with E-state index >= 15 is 0 Å². The standard InChI is InChI=1S/C14H17BrO4S/c1-11(16)4-7-13(3-2-10-15)20(18,19)14-8-5-12(17)6-9-14/h4-9,13,16-17H,1-3,10H2/b7-4-. The third kappa shape index (κ3) is 4.68. The second-order valence-corrected chi connectivity index (χ2v) is 7.22. The molecule has 1 aromatic carbocycles. The molecule has 0 bridgehead atoms. The van der Waals surface area contributed by atoms with Crippen LogP contribution in [0.25, 0.3) is 0 Å². The van der Waals surface area contributed by atoms with Gasteiger partial charge in [0.05, 0.1) is 10.1 Å². The number of sulfone groups is 1. The van der Waals surface area contributed by atoms with Crippen molar-refractivity contribution < 1.29 is 18.6 Å². The summed E-state index contributed by atoms with van der Waals surface area (Å²) in [5.74, 6) is -0.171. The van der Waals surface area contributed by atoms with E-state index in [-0.39, 0.29) is 16.4 Å². The third-order valence-corrected chi connectivity index (χ3v) is 5.37. The Morgan fingerprint density at radius 2 is 1.95 bits per heavy atom. The molecule has 0 saturated carbocycles. The van der Waals surface area contributed by atoms with E-state index in [1.165, 1.54) is 36.4 Å². The first-order chi connectivity index (χ1) is 9.37. The van der Waals surface area contributed by atoms with E-state index in [2.05, 4.69) is 22.5 Å². The number of hydrogen-bond acceptors (Lipinski definition) is 4. The van der Waals surface area contributed by atoms with Gasteiger partial charge in [-0.15, -0.1) is 0 Å². The molecular formula is C14H17BrO4S. The van der Waals surface area contributed by atoms with Crippen molar-refractivity contribution in [2.24, 2.45) is 0 Å². The molecule has 0 aliphatic heterocycles. The Morgan fingerprint density at radius 3 is 2.45 bits per heavy atom. The van der Waals surface area contributed by atoms with E-state index in [4.69, 9.17) is 5.11 Å². The van der Waals surface area contributed by atoms with Gasteiger partial charge in [-0.25, -0.2) is 8.42 Å². The lowest BCUT2D eigenvalue weighted by molar-refractivity contribution is 0.435. The minimum Gasteiger partial charge on any atom is -0.509 e. The van der Waals surface area contributed by atoms with Crippen LogP contribution in [0.2, 0.25) is 0 Å². The highest BCUT2D eigenvalue weighted by Gasteiger charge is 2.24. The maximum absolute atomic E-state index is 12.5. The van der Waals surface area contributed by atoms with Gasteiger partial charge in [-0.2, -0.15) is 0 Å². The first-order valence-corrected chi connectivity index (χ1v) is 8.69. The quantitative estimate of drug-likeness (QED) is 0.444. The van der Waals surface area contributed by atoms with Crippen molar-refractivity contribution in [3.05, 3.63) is 48.8 Å². The van der Waals surface area contributed by atoms with Gasteiger partial charge in [0.15, 0.2) is 9.84 Å². The number of rotatable bonds is 7. The van der Waals surface area contributed by atoms with Crippen LogP contribution in [0.3, 0.4) is 0 Å². The monoisotopic (exact) mass is 360 g/mol. The molecular weight excluding hydrogens is 344 g/mol. The van der Waals surface area contributed by atoms with Crippen molar-refractivity contribution in [2.75, 3.05) is 5.33 Å². The van der Waals surface area contributed by atoms with E-state index in [1.807, 2.05) is 0 Å². The van der Waals surface area contributed by atoms with Crippen LogP contribution in [0.1, 0.15) is 12.8 Å². The second-order valence-electron chi connectivity index (χ2n) is 4.26. The number of phenolic OH excluding ortho intramolecular Hbond substituents is 1. The molecule has 20 heavy (non-hydrogen) atoms. The molecule has 0 amide bonds. The highest BCUT2D eigenvalue weighted by Crippen LogP contribution is 2.23. The second kappa shape index (κ2) is 7.50. The summed E-state index contributed by atoms with van der Waals surface area (Å²) in [7, 11) is -3.56. The van der Waals surface area contributed by atoms with Crippen LogP contribution in [0, 0.1) is 0 Å². The molecule has 1 atom stereocenters. The largest absolute Gasteiger partial charge is 0.509 e. The van der Waals surface area contributed by atoms with Gasteiger partial charge in [-0.3, -0.25) is 0 Å². The molecule has 1 aromatic rings. The minimum absolute atomic E-state index is 0.0141. The molecule has 0 aliphatic rings. The van der Waals surface area contributed by atoms with Crippen molar-refractivity contribution in [1.82, 2.24) is 0 Å². The predicted molar refractivity (Wildman–Crippen MR) is 83.0 cm³/mol. The molecule has 0 radical (unpaired) electrons. The Hall–Kier alpha value is -1.27. The summed E-state index contributed by atoms with van der Waals surface area (Å²) in [5.41, 5.74) is 0. The van der Waals surface area contributed by atoms with Gasteiger partial charge in [-0.05, 0) is 43.2 Å². The number of aliphatic hydroxyl groups is 1. The van der Waals surface area contributed by atoms with Gasteiger partial charge in [0, 0.05) is 5.33 Å². The lowest BCUT2D eigenvalue weighted by Gasteiger charge is -2.13. The lowest BCUT2D eigenvalue weighted by Crippen LogP contribution is -2.19. The summed E-state index contributed by atoms with van der Waals surface area (Å²) >= 11 is 3.27. The number of benzene rings is 1. The van der Waals surface area contributed by atoms with Crippen LogP contribution in [-0.2, 0) is 9.84 Å². The van der Waals surface area contributed by atoms with Crippen LogP contribution < -0.4 is 0 Å². The SMILES string of the molecule is C=C(O)/C=C\C(CCCBr)S(=O)(=O)c1ccc(O)cc1. The molecule has 0 heterocycles. The van der Waals surface area contributed by atoms with Crippen LogP contribution in [0.4, 0.5) is 0 Å². The maximum Gasteiger partial charge on any atom is 0.184 e. The van der Waals surface area contributed by atoms with Gasteiger partial charge in [-0.1, -0.05) is 28.6 Å². The van der Waals surface area contributed by atoms with E-state index in [0.29, 0.717) is 18.2 Å². The Balaban J connectivity index is 3.09. The first kappa shape index (κ1) is 16.8. The summed E-state index contributed by atoms with van der Waals surface area (Å²) in [4.78, 5) is 0.142. The minimum atomic E-state index is -3.56. The highest BCUT2D eigenvalue weighted by atomic mass is 79.9. The van der Waals surface area contributed by atoms with E-state index < -0.39 is 15.1 Å². The number of alkyl halides is 1. The summed E-state index contributed by atoms with van der Waals surface area (Å²) in [5, 5.41) is 18.3. The van der Waals surface area contributed by atoms with E-state index in [9.17, 15) is 13.5 Å². The zero-order chi connectivity index (χ0) is 15.2. The van der Waals surface area contributed by atoms with Crippen LogP contribution >= 0.6 is 15.9 Å². The number of hydrogen-bond donors (Lipinski definition) is 2. The van der Waals surface area contributed by atoms with Gasteiger partial charge in [0.2, 0.25) is 0 Å². The Kier molecular flexibility index (Phi) is 6.29. The molecule has 0 fully saturated rings. The molecule has 4 nitrogen and oxygen atoms in total. The molecule has 110 valence electrons. The number of aromatic hydroxyl groups is 1. The number of allylic oxidation sites excluding steroid dienone is 1. The molecule has 1 rings (SSSR count). The fourth-order valence-corrected chi connectivity index (χ4v) is 3.61. The van der Waals surface area contributed by atoms with Crippen LogP contribution in [-0.4, -0.2) is 29.2 Å².